The Balaban J connectivity index is 2.28. The van der Waals surface area contributed by atoms with Crippen LogP contribution in [0, 0.1) is 6.92 Å². The van der Waals surface area contributed by atoms with Gasteiger partial charge < -0.3 is 4.74 Å². The number of ether oxygens (including phenoxy) is 1. The van der Waals surface area contributed by atoms with Crippen molar-refractivity contribution in [3.8, 4) is 5.75 Å². The summed E-state index contributed by atoms with van der Waals surface area (Å²) < 4.78 is 33.2. The Hall–Kier alpha value is -1.50. The van der Waals surface area contributed by atoms with E-state index in [0.717, 1.165) is 16.0 Å². The summed E-state index contributed by atoms with van der Waals surface area (Å²) in [5.74, 6) is 0.341. The third-order valence-electron chi connectivity index (χ3n) is 3.56. The lowest BCUT2D eigenvalue weighted by Crippen LogP contribution is -2.27. The van der Waals surface area contributed by atoms with Gasteiger partial charge in [0.05, 0.1) is 7.11 Å². The van der Waals surface area contributed by atoms with Gasteiger partial charge in [-0.3, -0.25) is 0 Å². The zero-order chi connectivity index (χ0) is 17.0. The molecule has 1 unspecified atom stereocenters. The molecule has 124 valence electrons. The lowest BCUT2D eigenvalue weighted by Gasteiger charge is -2.17. The van der Waals surface area contributed by atoms with E-state index in [1.807, 2.05) is 50.4 Å². The Morgan fingerprint density at radius 3 is 2.35 bits per heavy atom. The number of hydrogen-bond donors (Lipinski definition) is 1. The molecule has 0 aliphatic rings. The van der Waals surface area contributed by atoms with Gasteiger partial charge in [-0.15, -0.1) is 11.8 Å². The van der Waals surface area contributed by atoms with Crippen LogP contribution in [0.4, 0.5) is 0 Å². The topological polar surface area (TPSA) is 55.4 Å². The Kier molecular flexibility index (Phi) is 5.73. The normalized spacial score (nSPS) is 12.9. The van der Waals surface area contributed by atoms with E-state index in [1.165, 1.54) is 7.11 Å². The molecule has 23 heavy (non-hydrogen) atoms. The summed E-state index contributed by atoms with van der Waals surface area (Å²) in [6, 6.07) is 12.6. The third-order valence-corrected chi connectivity index (χ3v) is 5.86. The molecule has 0 aromatic heterocycles. The highest BCUT2D eigenvalue weighted by Crippen LogP contribution is 2.27. The molecule has 2 rings (SSSR count). The first kappa shape index (κ1) is 17.8. The fraction of sp³-hybridized carbons (Fsp3) is 0.294. The standard InChI is InChI=1S/C17H21NO3S2/c1-12-5-10-16(21-3)17(11-12)23(19,20)18-13(2)14-6-8-15(22-4)9-7-14/h5-11,13,18H,1-4H3. The van der Waals surface area contributed by atoms with E-state index in [9.17, 15) is 8.42 Å². The van der Waals surface area contributed by atoms with Crippen molar-refractivity contribution in [3.63, 3.8) is 0 Å². The van der Waals surface area contributed by atoms with Crippen molar-refractivity contribution in [3.05, 3.63) is 53.6 Å². The second-order valence-electron chi connectivity index (χ2n) is 5.27. The summed E-state index contributed by atoms with van der Waals surface area (Å²) in [6.07, 6.45) is 2.01. The number of benzene rings is 2. The number of nitrogens with one attached hydrogen (secondary N) is 1. The molecule has 0 saturated heterocycles. The van der Waals surface area contributed by atoms with E-state index in [4.69, 9.17) is 4.74 Å². The molecule has 0 heterocycles. The van der Waals surface area contributed by atoms with Gasteiger partial charge in [0.15, 0.2) is 0 Å². The van der Waals surface area contributed by atoms with Gasteiger partial charge in [-0.1, -0.05) is 18.2 Å². The first-order chi connectivity index (χ1) is 10.9. The van der Waals surface area contributed by atoms with Gasteiger partial charge in [0.2, 0.25) is 10.0 Å². The minimum absolute atomic E-state index is 0.160. The number of hydrogen-bond acceptors (Lipinski definition) is 4. The van der Waals surface area contributed by atoms with Crippen LogP contribution in [0.1, 0.15) is 24.1 Å². The van der Waals surface area contributed by atoms with Crippen LogP contribution < -0.4 is 9.46 Å². The first-order valence-corrected chi connectivity index (χ1v) is 9.89. The molecule has 0 aliphatic heterocycles. The van der Waals surface area contributed by atoms with E-state index in [-0.39, 0.29) is 10.9 Å². The maximum Gasteiger partial charge on any atom is 0.244 e. The quantitative estimate of drug-likeness (QED) is 0.805. The Labute approximate surface area is 142 Å². The zero-order valence-corrected chi connectivity index (χ0v) is 15.3. The van der Waals surface area contributed by atoms with Crippen molar-refractivity contribution >= 4 is 21.8 Å². The number of sulfonamides is 1. The summed E-state index contributed by atoms with van der Waals surface area (Å²) in [5.41, 5.74) is 1.78. The van der Waals surface area contributed by atoms with Gasteiger partial charge in [-0.2, -0.15) is 0 Å². The van der Waals surface area contributed by atoms with Crippen LogP contribution in [0.15, 0.2) is 52.3 Å². The van der Waals surface area contributed by atoms with E-state index >= 15 is 0 Å². The average molecular weight is 351 g/mol. The predicted octanol–water partition coefficient (Wildman–Crippen LogP) is 3.77. The molecule has 1 N–H and O–H groups in total. The maximum absolute atomic E-state index is 12.7. The van der Waals surface area contributed by atoms with Gasteiger partial charge in [0.1, 0.15) is 10.6 Å². The first-order valence-electron chi connectivity index (χ1n) is 7.18. The van der Waals surface area contributed by atoms with Crippen LogP contribution in [0.5, 0.6) is 5.75 Å². The van der Waals surface area contributed by atoms with E-state index < -0.39 is 10.0 Å². The summed E-state index contributed by atoms with van der Waals surface area (Å²) in [7, 11) is -2.20. The minimum atomic E-state index is -3.67. The van der Waals surface area contributed by atoms with Crippen LogP contribution in [0.25, 0.3) is 0 Å². The Morgan fingerprint density at radius 1 is 1.13 bits per heavy atom. The second kappa shape index (κ2) is 7.38. The Bertz CT molecular complexity index is 771. The van der Waals surface area contributed by atoms with Crippen LogP contribution in [0.3, 0.4) is 0 Å². The summed E-state index contributed by atoms with van der Waals surface area (Å²) in [6.45, 7) is 3.68. The highest BCUT2D eigenvalue weighted by atomic mass is 32.2. The maximum atomic E-state index is 12.7. The monoisotopic (exact) mass is 351 g/mol. The van der Waals surface area contributed by atoms with Gasteiger partial charge >= 0.3 is 0 Å². The number of methoxy groups -OCH3 is 1. The summed E-state index contributed by atoms with van der Waals surface area (Å²) >= 11 is 1.65. The second-order valence-corrected chi connectivity index (χ2v) is 7.83. The molecule has 1 atom stereocenters. The molecule has 6 heteroatoms. The number of rotatable bonds is 6. The van der Waals surface area contributed by atoms with Crippen LogP contribution >= 0.6 is 11.8 Å². The van der Waals surface area contributed by atoms with E-state index in [0.29, 0.717) is 5.75 Å². The molecule has 0 saturated carbocycles. The number of thioether (sulfide) groups is 1. The van der Waals surface area contributed by atoms with Gasteiger partial charge in [0.25, 0.3) is 0 Å². The molecule has 0 amide bonds. The molecule has 0 spiro atoms. The highest BCUT2D eigenvalue weighted by Gasteiger charge is 2.22. The molecule has 2 aromatic carbocycles. The zero-order valence-electron chi connectivity index (χ0n) is 13.7. The molecular formula is C17H21NO3S2. The molecular weight excluding hydrogens is 330 g/mol. The Morgan fingerprint density at radius 2 is 1.78 bits per heavy atom. The predicted molar refractivity (Wildman–Crippen MR) is 94.7 cm³/mol. The van der Waals surface area contributed by atoms with Crippen molar-refractivity contribution < 1.29 is 13.2 Å². The van der Waals surface area contributed by atoms with Crippen molar-refractivity contribution in [1.29, 1.82) is 0 Å². The van der Waals surface area contributed by atoms with Gasteiger partial charge in [-0.25, -0.2) is 13.1 Å². The van der Waals surface area contributed by atoms with Crippen LogP contribution in [0.2, 0.25) is 0 Å². The van der Waals surface area contributed by atoms with Crippen molar-refractivity contribution in [2.75, 3.05) is 13.4 Å². The van der Waals surface area contributed by atoms with E-state index in [2.05, 4.69) is 4.72 Å². The summed E-state index contributed by atoms with van der Waals surface area (Å²) in [5, 5.41) is 0. The third kappa shape index (κ3) is 4.28. The fourth-order valence-corrected chi connectivity index (χ4v) is 4.14. The van der Waals surface area contributed by atoms with Crippen molar-refractivity contribution in [2.24, 2.45) is 0 Å². The van der Waals surface area contributed by atoms with Crippen molar-refractivity contribution in [2.45, 2.75) is 29.7 Å². The van der Waals surface area contributed by atoms with Gasteiger partial charge in [-0.05, 0) is 55.5 Å². The van der Waals surface area contributed by atoms with Crippen LogP contribution in [-0.4, -0.2) is 21.8 Å². The molecule has 0 bridgehead atoms. The van der Waals surface area contributed by atoms with Crippen molar-refractivity contribution in [1.82, 2.24) is 4.72 Å². The molecule has 0 fully saturated rings. The highest BCUT2D eigenvalue weighted by molar-refractivity contribution is 7.98. The van der Waals surface area contributed by atoms with Gasteiger partial charge in [0, 0.05) is 10.9 Å². The molecule has 0 aliphatic carbocycles. The minimum Gasteiger partial charge on any atom is -0.495 e. The number of aryl methyl sites for hydroxylation is 1. The fourth-order valence-electron chi connectivity index (χ4n) is 2.25. The molecule has 0 radical (unpaired) electrons. The lowest BCUT2D eigenvalue weighted by molar-refractivity contribution is 0.402. The summed E-state index contributed by atoms with van der Waals surface area (Å²) in [4.78, 5) is 1.30. The van der Waals surface area contributed by atoms with Crippen LogP contribution in [-0.2, 0) is 10.0 Å². The average Bonchev–Trinajstić information content (AvgIpc) is 2.54. The smallest absolute Gasteiger partial charge is 0.244 e. The molecule has 4 nitrogen and oxygen atoms in total. The SMILES string of the molecule is COc1ccc(C)cc1S(=O)(=O)NC(C)c1ccc(SC)cc1. The lowest BCUT2D eigenvalue weighted by atomic mass is 10.1. The largest absolute Gasteiger partial charge is 0.495 e. The van der Waals surface area contributed by atoms with E-state index in [1.54, 1.807) is 23.9 Å². The molecule has 2 aromatic rings.